The van der Waals surface area contributed by atoms with Crippen LogP contribution in [-0.4, -0.2) is 31.3 Å². The molecule has 1 N–H and O–H groups in total. The maximum Gasteiger partial charge on any atom is 0.331 e. The number of hydrogen-bond donors (Lipinski definition) is 1. The van der Waals surface area contributed by atoms with Crippen molar-refractivity contribution in [2.24, 2.45) is 0 Å². The third kappa shape index (κ3) is 1.41. The zero-order valence-corrected chi connectivity index (χ0v) is 10.8. The van der Waals surface area contributed by atoms with E-state index in [-0.39, 0.29) is 0 Å². The van der Waals surface area contributed by atoms with Gasteiger partial charge in [-0.15, -0.1) is 5.10 Å². The van der Waals surface area contributed by atoms with Crippen LogP contribution in [-0.2, 0) is 10.3 Å². The number of carboxylic acid groups (broad SMARTS) is 1. The summed E-state index contributed by atoms with van der Waals surface area (Å²) in [6.07, 6.45) is 3.43. The zero-order chi connectivity index (χ0) is 12.8. The van der Waals surface area contributed by atoms with E-state index in [1.165, 1.54) is 10.9 Å². The van der Waals surface area contributed by atoms with Gasteiger partial charge in [-0.1, -0.05) is 0 Å². The van der Waals surface area contributed by atoms with Gasteiger partial charge >= 0.3 is 5.97 Å². The van der Waals surface area contributed by atoms with Gasteiger partial charge < -0.3 is 9.52 Å². The minimum atomic E-state index is -1.02. The molecule has 0 radical (unpaired) electrons. The van der Waals surface area contributed by atoms with Crippen LogP contribution < -0.4 is 0 Å². The van der Waals surface area contributed by atoms with Crippen molar-refractivity contribution < 1.29 is 14.3 Å². The number of halogens is 1. The van der Waals surface area contributed by atoms with Crippen molar-refractivity contribution in [3.63, 3.8) is 0 Å². The number of furan rings is 1. The van der Waals surface area contributed by atoms with E-state index in [0.29, 0.717) is 28.9 Å². The molecule has 0 unspecified atom stereocenters. The molecular formula is C10H9BrN4O3. The summed E-state index contributed by atoms with van der Waals surface area (Å²) < 4.78 is 7.00. The van der Waals surface area contributed by atoms with Gasteiger partial charge in [-0.25, -0.2) is 9.48 Å². The number of nitrogens with zero attached hydrogens (tertiary/aromatic N) is 4. The van der Waals surface area contributed by atoms with E-state index in [4.69, 9.17) is 4.42 Å². The van der Waals surface area contributed by atoms with Gasteiger partial charge in [-0.2, -0.15) is 0 Å². The Morgan fingerprint density at radius 2 is 2.33 bits per heavy atom. The van der Waals surface area contributed by atoms with Crippen LogP contribution >= 0.6 is 15.9 Å². The second kappa shape index (κ2) is 3.91. The van der Waals surface area contributed by atoms with Gasteiger partial charge in [0.1, 0.15) is 0 Å². The Balaban J connectivity index is 2.13. The number of hydrogen-bond acceptors (Lipinski definition) is 5. The first-order valence-corrected chi connectivity index (χ1v) is 6.20. The van der Waals surface area contributed by atoms with Crippen LogP contribution in [0.3, 0.4) is 0 Å². The van der Waals surface area contributed by atoms with Gasteiger partial charge in [-0.3, -0.25) is 0 Å². The Kier molecular flexibility index (Phi) is 2.47. The van der Waals surface area contributed by atoms with Crippen LogP contribution in [0.15, 0.2) is 21.4 Å². The maximum atomic E-state index is 11.5. The molecule has 2 aromatic rings. The van der Waals surface area contributed by atoms with Crippen molar-refractivity contribution in [1.29, 1.82) is 0 Å². The van der Waals surface area contributed by atoms with Crippen LogP contribution in [0.1, 0.15) is 19.3 Å². The number of aliphatic carboxylic acids is 1. The molecule has 7 nitrogen and oxygen atoms in total. The molecule has 1 aliphatic carbocycles. The molecule has 1 aliphatic rings. The third-order valence-corrected chi connectivity index (χ3v) is 3.93. The van der Waals surface area contributed by atoms with Gasteiger partial charge in [0, 0.05) is 0 Å². The summed E-state index contributed by atoms with van der Waals surface area (Å²) in [5.74, 6) is -0.500. The van der Waals surface area contributed by atoms with Gasteiger partial charge in [-0.05, 0) is 51.7 Å². The highest BCUT2D eigenvalue weighted by atomic mass is 79.9. The Hall–Kier alpha value is -1.70. The van der Waals surface area contributed by atoms with Gasteiger partial charge in [0.05, 0.1) is 11.8 Å². The molecule has 2 heterocycles. The van der Waals surface area contributed by atoms with Gasteiger partial charge in [0.25, 0.3) is 0 Å². The zero-order valence-electron chi connectivity index (χ0n) is 9.21. The Labute approximate surface area is 110 Å². The van der Waals surface area contributed by atoms with Gasteiger partial charge in [0.2, 0.25) is 0 Å². The molecule has 0 aliphatic heterocycles. The Morgan fingerprint density at radius 3 is 2.83 bits per heavy atom. The lowest BCUT2D eigenvalue weighted by molar-refractivity contribution is -0.153. The predicted molar refractivity (Wildman–Crippen MR) is 62.7 cm³/mol. The molecule has 0 atom stereocenters. The molecule has 0 aromatic carbocycles. The van der Waals surface area contributed by atoms with E-state index in [9.17, 15) is 9.90 Å². The second-order valence-corrected chi connectivity index (χ2v) is 4.93. The van der Waals surface area contributed by atoms with Crippen LogP contribution in [0.25, 0.3) is 11.4 Å². The van der Waals surface area contributed by atoms with Gasteiger partial charge in [0.15, 0.2) is 16.0 Å². The lowest BCUT2D eigenvalue weighted by atomic mass is 9.77. The molecule has 0 amide bonds. The smallest absolute Gasteiger partial charge is 0.331 e. The summed E-state index contributed by atoms with van der Waals surface area (Å²) >= 11 is 3.24. The SMILES string of the molecule is O=C(O)C1(n2nnnc2-c2ccoc2Br)CCC1. The Morgan fingerprint density at radius 1 is 1.56 bits per heavy atom. The van der Waals surface area contributed by atoms with Crippen molar-refractivity contribution >= 4 is 21.9 Å². The summed E-state index contributed by atoms with van der Waals surface area (Å²) in [6, 6.07) is 1.69. The highest BCUT2D eigenvalue weighted by Gasteiger charge is 2.49. The first kappa shape index (κ1) is 11.4. The lowest BCUT2D eigenvalue weighted by Gasteiger charge is -2.37. The lowest BCUT2D eigenvalue weighted by Crippen LogP contribution is -2.48. The first-order valence-electron chi connectivity index (χ1n) is 5.41. The summed E-state index contributed by atoms with van der Waals surface area (Å²) in [6.45, 7) is 0. The van der Waals surface area contributed by atoms with E-state index < -0.39 is 11.5 Å². The monoisotopic (exact) mass is 312 g/mol. The second-order valence-electron chi connectivity index (χ2n) is 4.21. The minimum absolute atomic E-state index is 0.401. The van der Waals surface area contributed by atoms with E-state index >= 15 is 0 Å². The third-order valence-electron chi connectivity index (χ3n) is 3.31. The topological polar surface area (TPSA) is 94.0 Å². The molecule has 94 valence electrons. The molecular weight excluding hydrogens is 304 g/mol. The van der Waals surface area contributed by atoms with Crippen molar-refractivity contribution in [2.75, 3.05) is 0 Å². The van der Waals surface area contributed by atoms with Crippen molar-refractivity contribution in [1.82, 2.24) is 20.2 Å². The molecule has 1 saturated carbocycles. The number of aromatic nitrogens is 4. The molecule has 0 spiro atoms. The number of rotatable bonds is 3. The predicted octanol–water partition coefficient (Wildman–Crippen LogP) is 1.66. The van der Waals surface area contributed by atoms with Crippen LogP contribution in [0.5, 0.6) is 0 Å². The van der Waals surface area contributed by atoms with Crippen molar-refractivity contribution in [3.05, 3.63) is 17.0 Å². The highest BCUT2D eigenvalue weighted by Crippen LogP contribution is 2.41. The molecule has 3 rings (SSSR count). The Bertz CT molecular complexity index is 602. The fourth-order valence-corrected chi connectivity index (χ4v) is 2.54. The number of carbonyl (C=O) groups is 1. The average Bonchev–Trinajstić information content (AvgIpc) is 2.84. The average molecular weight is 313 g/mol. The normalized spacial score (nSPS) is 17.4. The van der Waals surface area contributed by atoms with Crippen LogP contribution in [0, 0.1) is 0 Å². The molecule has 0 bridgehead atoms. The standard InChI is InChI=1S/C10H9BrN4O3/c11-7-6(2-5-18-7)8-12-13-14-15(8)10(9(16)17)3-1-4-10/h2,5H,1,3-4H2,(H,16,17). The molecule has 0 saturated heterocycles. The maximum absolute atomic E-state index is 11.5. The van der Waals surface area contributed by atoms with Crippen LogP contribution in [0.4, 0.5) is 0 Å². The van der Waals surface area contributed by atoms with E-state index in [0.717, 1.165) is 6.42 Å². The minimum Gasteiger partial charge on any atom is -0.479 e. The largest absolute Gasteiger partial charge is 0.479 e. The molecule has 2 aromatic heterocycles. The fraction of sp³-hybridized carbons (Fsp3) is 0.400. The number of carboxylic acids is 1. The summed E-state index contributed by atoms with van der Waals surface area (Å²) in [7, 11) is 0. The molecule has 18 heavy (non-hydrogen) atoms. The number of tetrazole rings is 1. The molecule has 1 fully saturated rings. The van der Waals surface area contributed by atoms with E-state index in [1.807, 2.05) is 0 Å². The van der Waals surface area contributed by atoms with E-state index in [1.54, 1.807) is 6.07 Å². The molecule has 8 heteroatoms. The summed E-state index contributed by atoms with van der Waals surface area (Å²) in [5, 5.41) is 20.7. The van der Waals surface area contributed by atoms with Crippen molar-refractivity contribution in [3.8, 4) is 11.4 Å². The summed E-state index contributed by atoms with van der Waals surface area (Å²) in [4.78, 5) is 11.5. The summed E-state index contributed by atoms with van der Waals surface area (Å²) in [5.41, 5.74) is -0.372. The first-order chi connectivity index (χ1) is 8.65. The van der Waals surface area contributed by atoms with Crippen LogP contribution in [0.2, 0.25) is 0 Å². The van der Waals surface area contributed by atoms with E-state index in [2.05, 4.69) is 31.5 Å². The quantitative estimate of drug-likeness (QED) is 0.926. The highest BCUT2D eigenvalue weighted by molar-refractivity contribution is 9.10. The van der Waals surface area contributed by atoms with Crippen molar-refractivity contribution in [2.45, 2.75) is 24.8 Å². The fourth-order valence-electron chi connectivity index (χ4n) is 2.12.